The molecule has 0 fully saturated rings. The van der Waals surface area contributed by atoms with Crippen molar-refractivity contribution in [2.45, 2.75) is 32.7 Å². The first kappa shape index (κ1) is 15.4. The first-order chi connectivity index (χ1) is 8.74. The van der Waals surface area contributed by atoms with Crippen molar-refractivity contribution >= 4 is 5.97 Å². The SMILES string of the molecule is C=CCN(CC(=O)O)Cc1cn(C)nc1C(C)(C)C. The van der Waals surface area contributed by atoms with Crippen LogP contribution < -0.4 is 0 Å². The third-order valence-electron chi connectivity index (χ3n) is 2.76. The smallest absolute Gasteiger partial charge is 0.317 e. The molecule has 0 unspecified atom stereocenters. The van der Waals surface area contributed by atoms with Crippen LogP contribution in [-0.2, 0) is 23.8 Å². The Morgan fingerprint density at radius 2 is 2.21 bits per heavy atom. The number of rotatable bonds is 6. The van der Waals surface area contributed by atoms with Crippen LogP contribution >= 0.6 is 0 Å². The lowest BCUT2D eigenvalue weighted by molar-refractivity contribution is -0.138. The fourth-order valence-electron chi connectivity index (χ4n) is 2.08. The van der Waals surface area contributed by atoms with Crippen molar-refractivity contribution in [3.63, 3.8) is 0 Å². The van der Waals surface area contributed by atoms with Crippen LogP contribution in [0.25, 0.3) is 0 Å². The van der Waals surface area contributed by atoms with Crippen LogP contribution in [0.1, 0.15) is 32.0 Å². The first-order valence-corrected chi connectivity index (χ1v) is 6.32. The van der Waals surface area contributed by atoms with E-state index in [-0.39, 0.29) is 12.0 Å². The van der Waals surface area contributed by atoms with Gasteiger partial charge < -0.3 is 5.11 Å². The van der Waals surface area contributed by atoms with Gasteiger partial charge in [-0.3, -0.25) is 14.4 Å². The molecule has 1 heterocycles. The molecule has 0 bridgehead atoms. The van der Waals surface area contributed by atoms with E-state index < -0.39 is 5.97 Å². The standard InChI is InChI=1S/C14H23N3O2/c1-6-7-17(10-12(18)19)9-11-8-16(5)15-13(11)14(2,3)4/h6,8H,1,7,9-10H2,2-5H3,(H,18,19). The van der Waals surface area contributed by atoms with Gasteiger partial charge in [-0.05, 0) is 0 Å². The number of aryl methyl sites for hydroxylation is 1. The Morgan fingerprint density at radius 3 is 2.68 bits per heavy atom. The second kappa shape index (κ2) is 6.02. The normalized spacial score (nSPS) is 11.8. The molecule has 0 spiro atoms. The van der Waals surface area contributed by atoms with Gasteiger partial charge in [0.15, 0.2) is 0 Å². The lowest BCUT2D eigenvalue weighted by atomic mass is 9.89. The number of hydrogen-bond donors (Lipinski definition) is 1. The maximum absolute atomic E-state index is 10.9. The zero-order valence-electron chi connectivity index (χ0n) is 12.2. The number of carboxylic acid groups (broad SMARTS) is 1. The highest BCUT2D eigenvalue weighted by molar-refractivity contribution is 5.69. The van der Waals surface area contributed by atoms with E-state index in [4.69, 9.17) is 5.11 Å². The highest BCUT2D eigenvalue weighted by atomic mass is 16.4. The van der Waals surface area contributed by atoms with Gasteiger partial charge in [0, 0.05) is 37.3 Å². The largest absolute Gasteiger partial charge is 0.480 e. The van der Waals surface area contributed by atoms with Crippen LogP contribution in [0.2, 0.25) is 0 Å². The fourth-order valence-corrected chi connectivity index (χ4v) is 2.08. The molecule has 5 heteroatoms. The Labute approximate surface area is 114 Å². The molecular weight excluding hydrogens is 242 g/mol. The number of carbonyl (C=O) groups is 1. The fraction of sp³-hybridized carbons (Fsp3) is 0.571. The van der Waals surface area contributed by atoms with Gasteiger partial charge in [0.25, 0.3) is 0 Å². The van der Waals surface area contributed by atoms with Crippen LogP contribution in [0.3, 0.4) is 0 Å². The Kier molecular flexibility index (Phi) is 4.89. The van der Waals surface area contributed by atoms with Gasteiger partial charge in [0.2, 0.25) is 0 Å². The summed E-state index contributed by atoms with van der Waals surface area (Å²) >= 11 is 0. The number of nitrogens with zero attached hydrogens (tertiary/aromatic N) is 3. The third-order valence-corrected chi connectivity index (χ3v) is 2.76. The van der Waals surface area contributed by atoms with E-state index in [1.165, 1.54) is 0 Å². The molecule has 5 nitrogen and oxygen atoms in total. The van der Waals surface area contributed by atoms with Gasteiger partial charge in [-0.2, -0.15) is 5.10 Å². The lowest BCUT2D eigenvalue weighted by Gasteiger charge is -2.22. The van der Waals surface area contributed by atoms with E-state index in [2.05, 4.69) is 32.4 Å². The molecule has 106 valence electrons. The van der Waals surface area contributed by atoms with Crippen molar-refractivity contribution in [1.29, 1.82) is 0 Å². The molecule has 1 aromatic rings. The van der Waals surface area contributed by atoms with Gasteiger partial charge in [0.1, 0.15) is 0 Å². The monoisotopic (exact) mass is 265 g/mol. The van der Waals surface area contributed by atoms with Crippen LogP contribution in [0, 0.1) is 0 Å². The van der Waals surface area contributed by atoms with E-state index in [0.29, 0.717) is 13.1 Å². The summed E-state index contributed by atoms with van der Waals surface area (Å²) in [6.45, 7) is 11.1. The summed E-state index contributed by atoms with van der Waals surface area (Å²) in [6.07, 6.45) is 3.68. The molecule has 19 heavy (non-hydrogen) atoms. The average molecular weight is 265 g/mol. The van der Waals surface area contributed by atoms with Crippen molar-refractivity contribution in [2.24, 2.45) is 7.05 Å². The second-order valence-corrected chi connectivity index (χ2v) is 5.78. The number of carboxylic acids is 1. The first-order valence-electron chi connectivity index (χ1n) is 6.32. The summed E-state index contributed by atoms with van der Waals surface area (Å²) in [5, 5.41) is 13.4. The van der Waals surface area contributed by atoms with E-state index in [1.54, 1.807) is 10.8 Å². The van der Waals surface area contributed by atoms with E-state index in [9.17, 15) is 4.79 Å². The zero-order valence-corrected chi connectivity index (χ0v) is 12.2. The third kappa shape index (κ3) is 4.52. The molecule has 0 aliphatic heterocycles. The molecule has 1 rings (SSSR count). The highest BCUT2D eigenvalue weighted by Gasteiger charge is 2.23. The summed E-state index contributed by atoms with van der Waals surface area (Å²) in [7, 11) is 1.88. The minimum absolute atomic E-state index is 0.00446. The average Bonchev–Trinajstić information content (AvgIpc) is 2.58. The van der Waals surface area contributed by atoms with Crippen LogP contribution in [0.5, 0.6) is 0 Å². The number of hydrogen-bond acceptors (Lipinski definition) is 3. The topological polar surface area (TPSA) is 58.4 Å². The maximum Gasteiger partial charge on any atom is 0.317 e. The minimum Gasteiger partial charge on any atom is -0.480 e. The van der Waals surface area contributed by atoms with Crippen molar-refractivity contribution in [3.8, 4) is 0 Å². The van der Waals surface area contributed by atoms with E-state index in [0.717, 1.165) is 11.3 Å². The minimum atomic E-state index is -0.831. The molecule has 0 radical (unpaired) electrons. The molecule has 0 atom stereocenters. The Hall–Kier alpha value is -1.62. The van der Waals surface area contributed by atoms with Gasteiger partial charge in [-0.15, -0.1) is 6.58 Å². The van der Waals surface area contributed by atoms with Gasteiger partial charge >= 0.3 is 5.97 Å². The van der Waals surface area contributed by atoms with Crippen LogP contribution in [0.15, 0.2) is 18.9 Å². The molecule has 0 aromatic carbocycles. The molecule has 1 N–H and O–H groups in total. The highest BCUT2D eigenvalue weighted by Crippen LogP contribution is 2.25. The molecule has 0 saturated heterocycles. The van der Waals surface area contributed by atoms with Gasteiger partial charge in [-0.1, -0.05) is 26.8 Å². The van der Waals surface area contributed by atoms with Crippen molar-refractivity contribution in [2.75, 3.05) is 13.1 Å². The van der Waals surface area contributed by atoms with E-state index in [1.807, 2.05) is 18.1 Å². The number of aromatic nitrogens is 2. The Balaban J connectivity index is 2.95. The predicted octanol–water partition coefficient (Wildman–Crippen LogP) is 1.79. The van der Waals surface area contributed by atoms with E-state index >= 15 is 0 Å². The molecule has 0 aliphatic rings. The summed E-state index contributed by atoms with van der Waals surface area (Å²) in [6, 6.07) is 0. The van der Waals surface area contributed by atoms with Crippen LogP contribution in [-0.4, -0.2) is 38.8 Å². The van der Waals surface area contributed by atoms with Gasteiger partial charge in [-0.25, -0.2) is 0 Å². The van der Waals surface area contributed by atoms with Crippen molar-refractivity contribution < 1.29 is 9.90 Å². The summed E-state index contributed by atoms with van der Waals surface area (Å²) in [5.74, 6) is -0.831. The zero-order chi connectivity index (χ0) is 14.6. The maximum atomic E-state index is 10.9. The van der Waals surface area contributed by atoms with Crippen molar-refractivity contribution in [1.82, 2.24) is 14.7 Å². The molecule has 0 amide bonds. The second-order valence-electron chi connectivity index (χ2n) is 5.78. The summed E-state index contributed by atoms with van der Waals surface area (Å²) in [5.41, 5.74) is 2.02. The van der Waals surface area contributed by atoms with Gasteiger partial charge in [0.05, 0.1) is 12.2 Å². The molecule has 0 aliphatic carbocycles. The summed E-state index contributed by atoms with van der Waals surface area (Å²) in [4.78, 5) is 12.7. The summed E-state index contributed by atoms with van der Waals surface area (Å²) < 4.78 is 1.78. The Bertz CT molecular complexity index is 458. The predicted molar refractivity (Wildman–Crippen MR) is 75.0 cm³/mol. The van der Waals surface area contributed by atoms with Crippen LogP contribution in [0.4, 0.5) is 0 Å². The lowest BCUT2D eigenvalue weighted by Crippen LogP contribution is -2.30. The van der Waals surface area contributed by atoms with Crippen molar-refractivity contribution in [3.05, 3.63) is 30.1 Å². The molecular formula is C14H23N3O2. The quantitative estimate of drug-likeness (QED) is 0.797. The molecule has 0 saturated carbocycles. The molecule has 1 aromatic heterocycles. The number of aliphatic carboxylic acids is 1. The Morgan fingerprint density at radius 1 is 1.58 bits per heavy atom.